The van der Waals surface area contributed by atoms with E-state index in [1.807, 2.05) is 30.5 Å². The highest BCUT2D eigenvalue weighted by molar-refractivity contribution is 7.97. The lowest BCUT2D eigenvalue weighted by molar-refractivity contribution is 0.0950. The van der Waals surface area contributed by atoms with Crippen LogP contribution >= 0.6 is 23.4 Å². The number of rotatable bonds is 4. The second kappa shape index (κ2) is 7.13. The molecule has 0 radical (unpaired) electrons. The van der Waals surface area contributed by atoms with Crippen molar-refractivity contribution < 1.29 is 9.32 Å². The van der Waals surface area contributed by atoms with Crippen molar-refractivity contribution in [1.29, 1.82) is 0 Å². The lowest BCUT2D eigenvalue weighted by Crippen LogP contribution is -2.26. The Balaban J connectivity index is 1.64. The largest absolute Gasteiger partial charge is 0.350 e. The molecule has 3 heterocycles. The van der Waals surface area contributed by atoms with Crippen LogP contribution in [0.1, 0.15) is 33.5 Å². The Hall–Kier alpha value is -2.32. The third kappa shape index (κ3) is 3.34. The summed E-state index contributed by atoms with van der Waals surface area (Å²) < 4.78 is 5.26. The predicted octanol–water partition coefficient (Wildman–Crippen LogP) is 3.05. The van der Waals surface area contributed by atoms with Gasteiger partial charge in [-0.2, -0.15) is 16.7 Å². The number of carbonyl (C=O) groups is 1. The fraction of sp³-hybridized carbons (Fsp3) is 0.294. The lowest BCUT2D eigenvalue weighted by Gasteiger charge is -2.14. The number of hydrogen-bond acceptors (Lipinski definition) is 6. The van der Waals surface area contributed by atoms with Crippen LogP contribution in [0.15, 0.2) is 28.8 Å². The van der Waals surface area contributed by atoms with E-state index < -0.39 is 0 Å². The number of fused-ring (bicyclic) bond motifs is 1. The molecule has 134 valence electrons. The van der Waals surface area contributed by atoms with E-state index in [2.05, 4.69) is 25.4 Å². The Bertz CT molecular complexity index is 937. The van der Waals surface area contributed by atoms with Gasteiger partial charge in [-0.05, 0) is 30.4 Å². The molecule has 0 aliphatic carbocycles. The molecule has 7 nitrogen and oxygen atoms in total. The standard InChI is InChI=1S/C17H16ClN5O2S/c1-26-8-13-21-17(25-23-13)15-20-12-6-10(7-19-16(24)14(12)22-15)9-2-4-11(18)5-3-9/h2-5,10H,6-8H2,1H3,(H,19,24)(H,20,22)/t10-/m1/s1. The second-order valence-corrected chi connectivity index (χ2v) is 7.33. The normalized spacial score (nSPS) is 16.8. The number of halogens is 1. The van der Waals surface area contributed by atoms with Gasteiger partial charge in [0.2, 0.25) is 0 Å². The molecule has 1 amide bonds. The Kier molecular flexibility index (Phi) is 4.69. The molecule has 1 aliphatic heterocycles. The number of thioether (sulfide) groups is 1. The number of carbonyl (C=O) groups excluding carboxylic acids is 1. The summed E-state index contributed by atoms with van der Waals surface area (Å²) in [6, 6.07) is 7.67. The Labute approximate surface area is 158 Å². The van der Waals surface area contributed by atoms with Gasteiger partial charge in [0.25, 0.3) is 11.8 Å². The quantitative estimate of drug-likeness (QED) is 0.711. The number of imidazole rings is 1. The van der Waals surface area contributed by atoms with Crippen LogP contribution in [0.5, 0.6) is 0 Å². The van der Waals surface area contributed by atoms with Gasteiger partial charge in [0.05, 0.1) is 5.75 Å². The number of H-pyrrole nitrogens is 1. The van der Waals surface area contributed by atoms with Crippen LogP contribution < -0.4 is 5.32 Å². The number of nitrogens with zero attached hydrogens (tertiary/aromatic N) is 3. The molecular weight excluding hydrogens is 374 g/mol. The minimum Gasteiger partial charge on any atom is -0.350 e. The van der Waals surface area contributed by atoms with E-state index in [9.17, 15) is 4.79 Å². The molecule has 4 rings (SSSR count). The molecule has 0 saturated heterocycles. The van der Waals surface area contributed by atoms with Crippen LogP contribution in [0.25, 0.3) is 11.7 Å². The molecule has 1 atom stereocenters. The molecule has 9 heteroatoms. The number of aromatic nitrogens is 4. The minimum atomic E-state index is -0.206. The van der Waals surface area contributed by atoms with Crippen molar-refractivity contribution in [3.05, 3.63) is 52.1 Å². The van der Waals surface area contributed by atoms with Gasteiger partial charge in [0.1, 0.15) is 5.69 Å². The zero-order valence-electron chi connectivity index (χ0n) is 14.0. The number of nitrogens with one attached hydrogen (secondary N) is 2. The Morgan fingerprint density at radius 1 is 1.31 bits per heavy atom. The molecule has 0 saturated carbocycles. The van der Waals surface area contributed by atoms with E-state index in [1.54, 1.807) is 11.8 Å². The second-order valence-electron chi connectivity index (χ2n) is 6.02. The average molecular weight is 390 g/mol. The van der Waals surface area contributed by atoms with Crippen molar-refractivity contribution in [2.75, 3.05) is 12.8 Å². The van der Waals surface area contributed by atoms with Crippen molar-refractivity contribution in [1.82, 2.24) is 25.4 Å². The first kappa shape index (κ1) is 17.1. The van der Waals surface area contributed by atoms with Crippen LogP contribution in [0, 0.1) is 0 Å². The highest BCUT2D eigenvalue weighted by Gasteiger charge is 2.27. The molecule has 3 aromatic rings. The highest BCUT2D eigenvalue weighted by atomic mass is 35.5. The first-order valence-corrected chi connectivity index (χ1v) is 9.85. The van der Waals surface area contributed by atoms with Gasteiger partial charge >= 0.3 is 0 Å². The van der Waals surface area contributed by atoms with Gasteiger partial charge in [0.15, 0.2) is 11.6 Å². The molecule has 0 unspecified atom stereocenters. The molecule has 0 spiro atoms. The minimum absolute atomic E-state index is 0.125. The Morgan fingerprint density at radius 3 is 2.88 bits per heavy atom. The molecule has 0 fully saturated rings. The topological polar surface area (TPSA) is 96.7 Å². The molecule has 1 aromatic carbocycles. The molecule has 1 aliphatic rings. The summed E-state index contributed by atoms with van der Waals surface area (Å²) in [6.07, 6.45) is 2.61. The van der Waals surface area contributed by atoms with Gasteiger partial charge in [-0.25, -0.2) is 4.98 Å². The zero-order valence-corrected chi connectivity index (χ0v) is 15.5. The maximum absolute atomic E-state index is 12.4. The van der Waals surface area contributed by atoms with Crippen LogP contribution in [0.3, 0.4) is 0 Å². The van der Waals surface area contributed by atoms with Crippen molar-refractivity contribution in [2.24, 2.45) is 0 Å². The summed E-state index contributed by atoms with van der Waals surface area (Å²) in [5.74, 6) is 1.88. The van der Waals surface area contributed by atoms with Gasteiger partial charge < -0.3 is 14.8 Å². The van der Waals surface area contributed by atoms with Crippen molar-refractivity contribution in [2.45, 2.75) is 18.1 Å². The van der Waals surface area contributed by atoms with Crippen molar-refractivity contribution in [3.63, 3.8) is 0 Å². The van der Waals surface area contributed by atoms with Crippen molar-refractivity contribution >= 4 is 29.3 Å². The summed E-state index contributed by atoms with van der Waals surface area (Å²) >= 11 is 7.58. The SMILES string of the molecule is CSCc1noc(-c2nc3c([nH]2)C[C@@H](c2ccc(Cl)cc2)CNC3=O)n1. The third-order valence-corrected chi connectivity index (χ3v) is 5.04. The first-order valence-electron chi connectivity index (χ1n) is 8.08. The summed E-state index contributed by atoms with van der Waals surface area (Å²) in [5, 5.41) is 7.53. The fourth-order valence-electron chi connectivity index (χ4n) is 2.97. The van der Waals surface area contributed by atoms with E-state index in [0.717, 1.165) is 11.3 Å². The highest BCUT2D eigenvalue weighted by Crippen LogP contribution is 2.27. The molecular formula is C17H16ClN5O2S. The van der Waals surface area contributed by atoms with Gasteiger partial charge in [-0.15, -0.1) is 0 Å². The van der Waals surface area contributed by atoms with Gasteiger partial charge in [-0.3, -0.25) is 4.79 Å². The van der Waals surface area contributed by atoms with E-state index >= 15 is 0 Å². The number of amides is 1. The van der Waals surface area contributed by atoms with Crippen LogP contribution in [0.4, 0.5) is 0 Å². The molecule has 0 bridgehead atoms. The predicted molar refractivity (Wildman–Crippen MR) is 99.3 cm³/mol. The molecule has 2 N–H and O–H groups in total. The average Bonchev–Trinajstić information content (AvgIpc) is 3.23. The molecule has 2 aromatic heterocycles. The number of hydrogen-bond donors (Lipinski definition) is 2. The van der Waals surface area contributed by atoms with Crippen LogP contribution in [0.2, 0.25) is 5.02 Å². The Morgan fingerprint density at radius 2 is 2.12 bits per heavy atom. The van der Waals surface area contributed by atoms with Crippen molar-refractivity contribution in [3.8, 4) is 11.7 Å². The van der Waals surface area contributed by atoms with Gasteiger partial charge in [-0.1, -0.05) is 28.9 Å². The van der Waals surface area contributed by atoms with E-state index in [0.29, 0.717) is 41.1 Å². The maximum atomic E-state index is 12.4. The van der Waals surface area contributed by atoms with Gasteiger partial charge in [0, 0.05) is 23.2 Å². The van der Waals surface area contributed by atoms with Crippen LogP contribution in [-0.2, 0) is 12.2 Å². The third-order valence-electron chi connectivity index (χ3n) is 4.24. The van der Waals surface area contributed by atoms with Crippen LogP contribution in [-0.4, -0.2) is 38.8 Å². The number of aromatic amines is 1. The summed E-state index contributed by atoms with van der Waals surface area (Å²) in [6.45, 7) is 0.540. The summed E-state index contributed by atoms with van der Waals surface area (Å²) in [4.78, 5) is 24.3. The summed E-state index contributed by atoms with van der Waals surface area (Å²) in [7, 11) is 0. The lowest BCUT2D eigenvalue weighted by atomic mass is 9.94. The summed E-state index contributed by atoms with van der Waals surface area (Å²) in [5.41, 5.74) is 2.25. The smallest absolute Gasteiger partial charge is 0.293 e. The fourth-order valence-corrected chi connectivity index (χ4v) is 3.47. The van der Waals surface area contributed by atoms with E-state index in [4.69, 9.17) is 16.1 Å². The number of benzene rings is 1. The first-order chi connectivity index (χ1) is 12.6. The molecule has 26 heavy (non-hydrogen) atoms. The van der Waals surface area contributed by atoms with E-state index in [-0.39, 0.29) is 17.7 Å². The maximum Gasteiger partial charge on any atom is 0.293 e. The zero-order chi connectivity index (χ0) is 18.1. The monoisotopic (exact) mass is 389 g/mol. The van der Waals surface area contributed by atoms with E-state index in [1.165, 1.54) is 0 Å².